The predicted octanol–water partition coefficient (Wildman–Crippen LogP) is 4.38. The number of anilines is 1. The van der Waals surface area contributed by atoms with Crippen LogP contribution in [0, 0.1) is 0 Å². The number of allylic oxidation sites excluding steroid dienone is 1. The third-order valence-electron chi connectivity index (χ3n) is 4.61. The molecule has 1 aromatic heterocycles. The van der Waals surface area contributed by atoms with E-state index in [9.17, 15) is 0 Å². The van der Waals surface area contributed by atoms with Crippen molar-refractivity contribution in [1.29, 1.82) is 0 Å². The van der Waals surface area contributed by atoms with E-state index in [0.29, 0.717) is 0 Å². The molecule has 2 aliphatic rings. The molecule has 9 heteroatoms. The van der Waals surface area contributed by atoms with Gasteiger partial charge in [0.1, 0.15) is 4.32 Å². The number of thiocarbonyl (C=S) groups is 2. The normalized spacial score (nSPS) is 19.5. The zero-order valence-electron chi connectivity index (χ0n) is 16.0. The van der Waals surface area contributed by atoms with Crippen LogP contribution in [-0.2, 0) is 4.74 Å². The summed E-state index contributed by atoms with van der Waals surface area (Å²) in [6.07, 6.45) is 2.20. The predicted molar refractivity (Wildman–Crippen MR) is 127 cm³/mol. The fourth-order valence-corrected chi connectivity index (χ4v) is 6.49. The van der Waals surface area contributed by atoms with E-state index in [4.69, 9.17) is 34.2 Å². The van der Waals surface area contributed by atoms with Crippen LogP contribution in [0.1, 0.15) is 20.8 Å². The number of thiazole rings is 1. The van der Waals surface area contributed by atoms with Gasteiger partial charge in [0, 0.05) is 24.5 Å². The number of benzene rings is 1. The van der Waals surface area contributed by atoms with Crippen molar-refractivity contribution in [2.45, 2.75) is 30.6 Å². The van der Waals surface area contributed by atoms with Crippen molar-refractivity contribution in [2.24, 2.45) is 0 Å². The van der Waals surface area contributed by atoms with Gasteiger partial charge in [0.25, 0.3) is 0 Å². The van der Waals surface area contributed by atoms with Crippen LogP contribution in [-0.4, -0.2) is 51.2 Å². The quantitative estimate of drug-likeness (QED) is 0.534. The molecule has 0 atom stereocenters. The summed E-state index contributed by atoms with van der Waals surface area (Å²) in [5.41, 5.74) is 3.02. The highest BCUT2D eigenvalue weighted by molar-refractivity contribution is 8.23. The van der Waals surface area contributed by atoms with Gasteiger partial charge in [-0.05, 0) is 69.0 Å². The zero-order valence-corrected chi connectivity index (χ0v) is 19.3. The van der Waals surface area contributed by atoms with Gasteiger partial charge >= 0.3 is 0 Å². The molecule has 0 spiro atoms. The molecular formula is C19H22N4OS4. The van der Waals surface area contributed by atoms with Crippen LogP contribution in [0.15, 0.2) is 34.3 Å². The van der Waals surface area contributed by atoms with Crippen molar-refractivity contribution in [3.8, 4) is 0 Å². The molecule has 2 aliphatic heterocycles. The summed E-state index contributed by atoms with van der Waals surface area (Å²) in [4.78, 5) is 9.01. The van der Waals surface area contributed by atoms with E-state index in [0.717, 1.165) is 61.7 Å². The minimum absolute atomic E-state index is 0.134. The van der Waals surface area contributed by atoms with Crippen molar-refractivity contribution < 1.29 is 4.74 Å². The highest BCUT2D eigenvalue weighted by Gasteiger charge is 2.27. The summed E-state index contributed by atoms with van der Waals surface area (Å²) in [5.74, 6) is 0. The second-order valence-corrected chi connectivity index (χ2v) is 10.7. The lowest BCUT2D eigenvalue weighted by molar-refractivity contribution is 0.0702. The van der Waals surface area contributed by atoms with Crippen LogP contribution < -0.4 is 10.2 Å². The van der Waals surface area contributed by atoms with Gasteiger partial charge < -0.3 is 15.0 Å². The number of nitrogens with zero attached hydrogens (tertiary/aromatic N) is 3. The SMILES string of the molecule is CC1=CC(C)(C)NC(=S)N1c1ccc2nc(SC(=S)N3CCOCC3)sc2c1. The van der Waals surface area contributed by atoms with E-state index in [2.05, 4.69) is 60.2 Å². The lowest BCUT2D eigenvalue weighted by atomic mass is 10.0. The van der Waals surface area contributed by atoms with Crippen LogP contribution in [0.3, 0.4) is 0 Å². The second kappa shape index (κ2) is 7.87. The summed E-state index contributed by atoms with van der Waals surface area (Å²) < 4.78 is 8.37. The first-order valence-electron chi connectivity index (χ1n) is 9.09. The molecule has 5 nitrogen and oxygen atoms in total. The monoisotopic (exact) mass is 450 g/mol. The molecule has 3 heterocycles. The molecule has 0 radical (unpaired) electrons. The lowest BCUT2D eigenvalue weighted by Crippen LogP contribution is -2.53. The average molecular weight is 451 g/mol. The summed E-state index contributed by atoms with van der Waals surface area (Å²) in [6, 6.07) is 6.28. The molecule has 28 heavy (non-hydrogen) atoms. The van der Waals surface area contributed by atoms with Crippen molar-refractivity contribution >= 4 is 72.9 Å². The first-order valence-corrected chi connectivity index (χ1v) is 11.5. The number of morpholine rings is 1. The van der Waals surface area contributed by atoms with E-state index in [1.54, 1.807) is 23.1 Å². The number of hydrogen-bond donors (Lipinski definition) is 1. The number of fused-ring (bicyclic) bond motifs is 1. The first-order chi connectivity index (χ1) is 13.3. The lowest BCUT2D eigenvalue weighted by Gasteiger charge is -2.38. The number of aromatic nitrogens is 1. The highest BCUT2D eigenvalue weighted by atomic mass is 32.2. The van der Waals surface area contributed by atoms with E-state index in [-0.39, 0.29) is 5.54 Å². The first kappa shape index (κ1) is 20.0. The highest BCUT2D eigenvalue weighted by Crippen LogP contribution is 2.35. The third-order valence-corrected chi connectivity index (χ3v) is 7.41. The molecule has 0 amide bonds. The molecule has 1 saturated heterocycles. The second-order valence-electron chi connectivity index (χ2n) is 7.37. The smallest absolute Gasteiger partial charge is 0.178 e. The topological polar surface area (TPSA) is 40.6 Å². The molecule has 2 aromatic rings. The molecule has 148 valence electrons. The Labute approximate surface area is 184 Å². The van der Waals surface area contributed by atoms with Gasteiger partial charge in [-0.2, -0.15) is 0 Å². The Morgan fingerprint density at radius 2 is 2.07 bits per heavy atom. The minimum Gasteiger partial charge on any atom is -0.378 e. The van der Waals surface area contributed by atoms with Gasteiger partial charge in [0.15, 0.2) is 9.45 Å². The number of nitrogens with one attached hydrogen (secondary N) is 1. The standard InChI is InChI=1S/C19H22N4OS4/c1-12-11-19(2,3)21-16(25)23(12)13-4-5-14-15(10-13)27-17(20-14)28-18(26)22-6-8-24-9-7-22/h4-5,10-11H,6-9H2,1-3H3,(H,21,25). The van der Waals surface area contributed by atoms with Crippen LogP contribution in [0.4, 0.5) is 5.69 Å². The van der Waals surface area contributed by atoms with E-state index >= 15 is 0 Å². The molecule has 0 unspecified atom stereocenters. The van der Waals surface area contributed by atoms with Gasteiger partial charge in [0.2, 0.25) is 0 Å². The van der Waals surface area contributed by atoms with Crippen molar-refractivity contribution in [3.05, 3.63) is 30.0 Å². The minimum atomic E-state index is -0.134. The Kier molecular flexibility index (Phi) is 5.63. The van der Waals surface area contributed by atoms with Crippen LogP contribution >= 0.6 is 47.5 Å². The molecule has 1 fully saturated rings. The van der Waals surface area contributed by atoms with Crippen molar-refractivity contribution in [1.82, 2.24) is 15.2 Å². The summed E-state index contributed by atoms with van der Waals surface area (Å²) in [5, 5.41) is 4.10. The largest absolute Gasteiger partial charge is 0.378 e. The Morgan fingerprint density at radius 1 is 1.32 bits per heavy atom. The maximum atomic E-state index is 5.62. The third kappa shape index (κ3) is 4.18. The van der Waals surface area contributed by atoms with Crippen LogP contribution in [0.5, 0.6) is 0 Å². The van der Waals surface area contributed by atoms with Crippen molar-refractivity contribution in [2.75, 3.05) is 31.2 Å². The number of hydrogen-bond acceptors (Lipinski definition) is 6. The van der Waals surface area contributed by atoms with E-state index in [1.807, 2.05) is 0 Å². The Bertz CT molecular complexity index is 962. The van der Waals surface area contributed by atoms with Gasteiger partial charge in [-0.3, -0.25) is 4.90 Å². The summed E-state index contributed by atoms with van der Waals surface area (Å²) in [6.45, 7) is 9.49. The Balaban J connectivity index is 1.57. The molecule has 4 rings (SSSR count). The number of ether oxygens (including phenoxy) is 1. The maximum Gasteiger partial charge on any atom is 0.178 e. The number of rotatable bonds is 2. The van der Waals surface area contributed by atoms with Gasteiger partial charge in [0.05, 0.1) is 29.0 Å². The maximum absolute atomic E-state index is 5.62. The van der Waals surface area contributed by atoms with Crippen LogP contribution in [0.2, 0.25) is 0 Å². The van der Waals surface area contributed by atoms with Gasteiger partial charge in [-0.25, -0.2) is 4.98 Å². The van der Waals surface area contributed by atoms with Gasteiger partial charge in [-0.1, -0.05) is 12.2 Å². The van der Waals surface area contributed by atoms with E-state index in [1.165, 1.54) is 0 Å². The molecule has 0 saturated carbocycles. The molecule has 1 aromatic carbocycles. The Morgan fingerprint density at radius 3 is 2.79 bits per heavy atom. The zero-order chi connectivity index (χ0) is 19.9. The van der Waals surface area contributed by atoms with Gasteiger partial charge in [-0.15, -0.1) is 11.3 Å². The number of thioether (sulfide) groups is 1. The molecule has 0 aliphatic carbocycles. The molecular weight excluding hydrogens is 429 g/mol. The fraction of sp³-hybridized carbons (Fsp3) is 0.421. The van der Waals surface area contributed by atoms with Crippen LogP contribution in [0.25, 0.3) is 10.2 Å². The summed E-state index contributed by atoms with van der Waals surface area (Å²) in [7, 11) is 0. The molecule has 1 N–H and O–H groups in total. The van der Waals surface area contributed by atoms with E-state index < -0.39 is 0 Å². The molecule has 0 bridgehead atoms. The average Bonchev–Trinajstić information content (AvgIpc) is 3.02. The fourth-order valence-electron chi connectivity index (χ4n) is 3.40. The van der Waals surface area contributed by atoms with Crippen molar-refractivity contribution in [3.63, 3.8) is 0 Å². The Hall–Kier alpha value is -1.26. The summed E-state index contributed by atoms with van der Waals surface area (Å²) >= 11 is 14.4.